The summed E-state index contributed by atoms with van der Waals surface area (Å²) in [5.74, 6) is -0.856. The van der Waals surface area contributed by atoms with E-state index in [-0.39, 0.29) is 0 Å². The van der Waals surface area contributed by atoms with E-state index >= 15 is 0 Å². The number of carbonyl (C=O) groups is 1. The second-order valence-corrected chi connectivity index (χ2v) is 4.88. The molecule has 0 heterocycles. The number of halogens is 1. The Balaban J connectivity index is 2.39. The monoisotopic (exact) mass is 270 g/mol. The number of aliphatic hydroxyl groups excluding tert-OH is 1. The molecule has 0 radical (unpaired) electrons. The Morgan fingerprint density at radius 2 is 2.13 bits per heavy atom. The highest BCUT2D eigenvalue weighted by Crippen LogP contribution is 2.44. The number of rotatable bonds is 2. The van der Waals surface area contributed by atoms with E-state index in [9.17, 15) is 15.0 Å². The Labute approximate surface area is 95.9 Å². The Morgan fingerprint density at radius 3 is 2.60 bits per heavy atom. The van der Waals surface area contributed by atoms with E-state index in [1.54, 1.807) is 12.1 Å². The molecule has 15 heavy (non-hydrogen) atoms. The van der Waals surface area contributed by atoms with Gasteiger partial charge >= 0.3 is 5.97 Å². The molecule has 0 bridgehead atoms. The Kier molecular flexibility index (Phi) is 2.56. The Morgan fingerprint density at radius 1 is 1.47 bits per heavy atom. The molecule has 0 spiro atoms. The third-order valence-electron chi connectivity index (χ3n) is 2.95. The lowest BCUT2D eigenvalue weighted by Crippen LogP contribution is -2.50. The van der Waals surface area contributed by atoms with Crippen molar-refractivity contribution in [2.75, 3.05) is 0 Å². The van der Waals surface area contributed by atoms with E-state index in [1.165, 1.54) is 0 Å². The molecular formula is C11H11BrO3. The molecule has 1 fully saturated rings. The average molecular weight is 271 g/mol. The standard InChI is InChI=1S/C11H11BrO3/c12-8-3-1-2-7(4-8)11(10(14)15)5-9(13)6-11/h1-4,9,13H,5-6H2,(H,14,15)/t9-,11-. The highest BCUT2D eigenvalue weighted by atomic mass is 79.9. The number of benzene rings is 1. The van der Waals surface area contributed by atoms with Crippen molar-refractivity contribution < 1.29 is 15.0 Å². The maximum atomic E-state index is 11.2. The largest absolute Gasteiger partial charge is 0.481 e. The van der Waals surface area contributed by atoms with Crippen LogP contribution in [0.1, 0.15) is 18.4 Å². The van der Waals surface area contributed by atoms with Gasteiger partial charge in [-0.15, -0.1) is 0 Å². The lowest BCUT2D eigenvalue weighted by Gasteiger charge is -2.42. The van der Waals surface area contributed by atoms with Gasteiger partial charge in [-0.05, 0) is 30.5 Å². The van der Waals surface area contributed by atoms with Gasteiger partial charge < -0.3 is 10.2 Å². The first-order valence-corrected chi connectivity index (χ1v) is 5.51. The van der Waals surface area contributed by atoms with Gasteiger partial charge in [0.2, 0.25) is 0 Å². The molecule has 0 atom stereocenters. The first-order valence-electron chi connectivity index (χ1n) is 4.72. The van der Waals surface area contributed by atoms with Crippen LogP contribution < -0.4 is 0 Å². The summed E-state index contributed by atoms with van der Waals surface area (Å²) in [4.78, 5) is 11.2. The first-order chi connectivity index (χ1) is 7.04. The average Bonchev–Trinajstić information content (AvgIpc) is 2.12. The lowest BCUT2D eigenvalue weighted by molar-refractivity contribution is -0.152. The molecule has 2 rings (SSSR count). The van der Waals surface area contributed by atoms with Gasteiger partial charge in [0.15, 0.2) is 0 Å². The lowest BCUT2D eigenvalue weighted by atomic mass is 9.63. The quantitative estimate of drug-likeness (QED) is 0.864. The van der Waals surface area contributed by atoms with Crippen molar-refractivity contribution in [2.45, 2.75) is 24.4 Å². The van der Waals surface area contributed by atoms with E-state index in [1.807, 2.05) is 12.1 Å². The molecule has 1 aliphatic rings. The summed E-state index contributed by atoms with van der Waals surface area (Å²) in [5, 5.41) is 18.5. The Bertz CT molecular complexity index is 397. The van der Waals surface area contributed by atoms with Crippen molar-refractivity contribution in [2.24, 2.45) is 0 Å². The Hall–Kier alpha value is -0.870. The molecule has 0 aromatic heterocycles. The number of carboxylic acid groups (broad SMARTS) is 1. The van der Waals surface area contributed by atoms with Gasteiger partial charge in [-0.1, -0.05) is 28.1 Å². The summed E-state index contributed by atoms with van der Waals surface area (Å²) >= 11 is 3.32. The van der Waals surface area contributed by atoms with E-state index in [4.69, 9.17) is 0 Å². The second-order valence-electron chi connectivity index (χ2n) is 3.96. The van der Waals surface area contributed by atoms with Crippen LogP contribution in [0.5, 0.6) is 0 Å². The molecule has 0 saturated heterocycles. The van der Waals surface area contributed by atoms with Crippen LogP contribution in [0.15, 0.2) is 28.7 Å². The molecule has 3 nitrogen and oxygen atoms in total. The van der Waals surface area contributed by atoms with Gasteiger partial charge in [-0.3, -0.25) is 4.79 Å². The minimum Gasteiger partial charge on any atom is -0.481 e. The highest BCUT2D eigenvalue weighted by molar-refractivity contribution is 9.10. The predicted molar refractivity (Wildman–Crippen MR) is 58.7 cm³/mol. The number of aliphatic carboxylic acids is 1. The zero-order chi connectivity index (χ0) is 11.1. The summed E-state index contributed by atoms with van der Waals surface area (Å²) in [7, 11) is 0. The number of carboxylic acids is 1. The smallest absolute Gasteiger partial charge is 0.314 e. The summed E-state index contributed by atoms with van der Waals surface area (Å²) in [6.45, 7) is 0. The second kappa shape index (κ2) is 3.61. The third kappa shape index (κ3) is 1.68. The van der Waals surface area contributed by atoms with Crippen LogP contribution in [-0.2, 0) is 10.2 Å². The normalized spacial score (nSPS) is 29.6. The molecule has 0 aliphatic heterocycles. The van der Waals surface area contributed by atoms with Gasteiger partial charge in [0.05, 0.1) is 11.5 Å². The fourth-order valence-corrected chi connectivity index (χ4v) is 2.46. The van der Waals surface area contributed by atoms with Crippen LogP contribution in [0, 0.1) is 0 Å². The predicted octanol–water partition coefficient (Wildman–Crippen LogP) is 1.93. The van der Waals surface area contributed by atoms with E-state index in [2.05, 4.69) is 15.9 Å². The maximum Gasteiger partial charge on any atom is 0.314 e. The molecule has 2 N–H and O–H groups in total. The first kappa shape index (κ1) is 10.6. The molecule has 0 amide bonds. The van der Waals surface area contributed by atoms with Crippen LogP contribution in [0.3, 0.4) is 0 Å². The minimum absolute atomic E-state index is 0.304. The fraction of sp³-hybridized carbons (Fsp3) is 0.364. The van der Waals surface area contributed by atoms with Crippen molar-refractivity contribution in [3.8, 4) is 0 Å². The molecule has 1 aromatic rings. The summed E-state index contributed by atoms with van der Waals surface area (Å²) in [5.41, 5.74) is -0.127. The van der Waals surface area contributed by atoms with Gasteiger partial charge in [-0.25, -0.2) is 0 Å². The third-order valence-corrected chi connectivity index (χ3v) is 3.45. The molecule has 0 unspecified atom stereocenters. The summed E-state index contributed by atoms with van der Waals surface area (Å²) in [6, 6.07) is 7.27. The van der Waals surface area contributed by atoms with Crippen molar-refractivity contribution in [1.29, 1.82) is 0 Å². The van der Waals surface area contributed by atoms with Gasteiger partial charge in [0, 0.05) is 4.47 Å². The zero-order valence-corrected chi connectivity index (χ0v) is 9.57. The number of hydrogen-bond acceptors (Lipinski definition) is 2. The van der Waals surface area contributed by atoms with Crippen LogP contribution in [0.2, 0.25) is 0 Å². The topological polar surface area (TPSA) is 57.5 Å². The van der Waals surface area contributed by atoms with Crippen molar-refractivity contribution in [1.82, 2.24) is 0 Å². The summed E-state index contributed by atoms with van der Waals surface area (Å²) < 4.78 is 0.863. The summed E-state index contributed by atoms with van der Waals surface area (Å²) in [6.07, 6.45) is 0.123. The van der Waals surface area contributed by atoms with Gasteiger partial charge in [-0.2, -0.15) is 0 Å². The fourth-order valence-electron chi connectivity index (χ4n) is 2.06. The van der Waals surface area contributed by atoms with Crippen LogP contribution >= 0.6 is 15.9 Å². The molecule has 1 aliphatic carbocycles. The highest BCUT2D eigenvalue weighted by Gasteiger charge is 2.51. The maximum absolute atomic E-state index is 11.2. The molecule has 1 saturated carbocycles. The van der Waals surface area contributed by atoms with Crippen LogP contribution in [0.4, 0.5) is 0 Å². The van der Waals surface area contributed by atoms with Gasteiger partial charge in [0.1, 0.15) is 0 Å². The number of hydrogen-bond donors (Lipinski definition) is 2. The van der Waals surface area contributed by atoms with Crippen molar-refractivity contribution in [3.63, 3.8) is 0 Å². The van der Waals surface area contributed by atoms with Crippen LogP contribution in [0.25, 0.3) is 0 Å². The molecule has 80 valence electrons. The van der Waals surface area contributed by atoms with E-state index < -0.39 is 17.5 Å². The zero-order valence-electron chi connectivity index (χ0n) is 7.98. The van der Waals surface area contributed by atoms with Crippen LogP contribution in [-0.4, -0.2) is 22.3 Å². The minimum atomic E-state index is -0.886. The molecular weight excluding hydrogens is 260 g/mol. The van der Waals surface area contributed by atoms with E-state index in [0.29, 0.717) is 12.8 Å². The van der Waals surface area contributed by atoms with Crippen molar-refractivity contribution >= 4 is 21.9 Å². The van der Waals surface area contributed by atoms with Gasteiger partial charge in [0.25, 0.3) is 0 Å². The van der Waals surface area contributed by atoms with E-state index in [0.717, 1.165) is 10.0 Å². The molecule has 4 heteroatoms. The molecule has 1 aromatic carbocycles. The SMILES string of the molecule is O=C(O)[C@]1(c2cccc(Br)c2)C[C@@H](O)C1. The number of aliphatic hydroxyl groups is 1. The van der Waals surface area contributed by atoms with Crippen molar-refractivity contribution in [3.05, 3.63) is 34.3 Å².